The summed E-state index contributed by atoms with van der Waals surface area (Å²) >= 11 is 0. The van der Waals surface area contributed by atoms with Gasteiger partial charge in [0, 0.05) is 32.6 Å². The van der Waals surface area contributed by atoms with Crippen LogP contribution in [0.5, 0.6) is 0 Å². The summed E-state index contributed by atoms with van der Waals surface area (Å²) in [5, 5.41) is 5.47. The molecule has 2 amide bonds. The van der Waals surface area contributed by atoms with E-state index in [0.717, 1.165) is 25.6 Å². The van der Waals surface area contributed by atoms with Crippen molar-refractivity contribution in [1.29, 1.82) is 0 Å². The second kappa shape index (κ2) is 9.58. The van der Waals surface area contributed by atoms with Crippen molar-refractivity contribution in [2.24, 2.45) is 5.92 Å². The predicted molar refractivity (Wildman–Crippen MR) is 77.5 cm³/mol. The smallest absolute Gasteiger partial charge is 0.406 e. The van der Waals surface area contributed by atoms with Gasteiger partial charge in [0.2, 0.25) is 5.91 Å². The number of amides is 2. The van der Waals surface area contributed by atoms with E-state index in [1.165, 1.54) is 20.0 Å². The molecule has 0 aromatic rings. The highest BCUT2D eigenvalue weighted by Crippen LogP contribution is 2.14. The maximum atomic E-state index is 11.6. The largest absolute Gasteiger partial charge is 0.453 e. The molecule has 1 unspecified atom stereocenters. The molecule has 0 aromatic heterocycles. The molecule has 1 aliphatic heterocycles. The van der Waals surface area contributed by atoms with E-state index in [1.54, 1.807) is 0 Å². The number of ether oxygens (including phenoxy) is 1. The first-order chi connectivity index (χ1) is 9.61. The van der Waals surface area contributed by atoms with Gasteiger partial charge >= 0.3 is 6.09 Å². The standard InChI is InChI=1S/C14H27N3O3/c1-12-5-4-9-17(11-12)10-8-15-13(18)6-3-7-16-14(19)20-2/h12H,3-11H2,1-2H3,(H,15,18)(H,16,19). The number of rotatable bonds is 7. The molecule has 0 aliphatic carbocycles. The number of hydrogen-bond acceptors (Lipinski definition) is 4. The van der Waals surface area contributed by atoms with Crippen LogP contribution in [0, 0.1) is 5.92 Å². The van der Waals surface area contributed by atoms with Crippen molar-refractivity contribution >= 4 is 12.0 Å². The van der Waals surface area contributed by atoms with Gasteiger partial charge in [-0.1, -0.05) is 6.92 Å². The Labute approximate surface area is 121 Å². The molecule has 0 saturated carbocycles. The zero-order valence-corrected chi connectivity index (χ0v) is 12.6. The number of nitrogens with zero attached hydrogens (tertiary/aromatic N) is 1. The normalized spacial score (nSPS) is 19.4. The van der Waals surface area contributed by atoms with Crippen molar-refractivity contribution in [3.05, 3.63) is 0 Å². The Morgan fingerprint density at radius 2 is 2.10 bits per heavy atom. The summed E-state index contributed by atoms with van der Waals surface area (Å²) in [6.45, 7) is 6.65. The van der Waals surface area contributed by atoms with Gasteiger partial charge < -0.3 is 20.3 Å². The topological polar surface area (TPSA) is 70.7 Å². The van der Waals surface area contributed by atoms with Crippen LogP contribution in [-0.2, 0) is 9.53 Å². The summed E-state index contributed by atoms with van der Waals surface area (Å²) in [4.78, 5) is 24.8. The minimum absolute atomic E-state index is 0.0433. The molecule has 116 valence electrons. The van der Waals surface area contributed by atoms with Crippen LogP contribution in [0.1, 0.15) is 32.6 Å². The van der Waals surface area contributed by atoms with Crippen molar-refractivity contribution in [2.75, 3.05) is 39.8 Å². The molecule has 0 aromatic carbocycles. The molecule has 1 atom stereocenters. The first-order valence-electron chi connectivity index (χ1n) is 7.42. The molecule has 20 heavy (non-hydrogen) atoms. The average Bonchev–Trinajstić information content (AvgIpc) is 2.43. The molecule has 0 radical (unpaired) electrons. The summed E-state index contributed by atoms with van der Waals surface area (Å²) in [7, 11) is 1.32. The molecular formula is C14H27N3O3. The molecule has 6 nitrogen and oxygen atoms in total. The van der Waals surface area contributed by atoms with Crippen LogP contribution in [0.25, 0.3) is 0 Å². The van der Waals surface area contributed by atoms with Gasteiger partial charge in [-0.3, -0.25) is 4.79 Å². The van der Waals surface area contributed by atoms with Crippen LogP contribution in [0.3, 0.4) is 0 Å². The third-order valence-corrected chi connectivity index (χ3v) is 3.53. The minimum atomic E-state index is -0.454. The van der Waals surface area contributed by atoms with Crippen molar-refractivity contribution in [3.8, 4) is 0 Å². The monoisotopic (exact) mass is 285 g/mol. The third-order valence-electron chi connectivity index (χ3n) is 3.53. The van der Waals surface area contributed by atoms with E-state index in [-0.39, 0.29) is 5.91 Å². The number of carbonyl (C=O) groups is 2. The fourth-order valence-corrected chi connectivity index (χ4v) is 2.44. The van der Waals surface area contributed by atoms with E-state index >= 15 is 0 Å². The maximum Gasteiger partial charge on any atom is 0.406 e. The Hall–Kier alpha value is -1.30. The molecule has 1 saturated heterocycles. The fraction of sp³-hybridized carbons (Fsp3) is 0.857. The lowest BCUT2D eigenvalue weighted by molar-refractivity contribution is -0.121. The van der Waals surface area contributed by atoms with Gasteiger partial charge in [-0.05, 0) is 31.7 Å². The Kier molecular flexibility index (Phi) is 8.02. The van der Waals surface area contributed by atoms with Crippen LogP contribution >= 0.6 is 0 Å². The molecule has 2 N–H and O–H groups in total. The number of methoxy groups -OCH3 is 1. The number of nitrogens with one attached hydrogen (secondary N) is 2. The number of carbonyl (C=O) groups excluding carboxylic acids is 2. The van der Waals surface area contributed by atoms with Gasteiger partial charge in [-0.15, -0.1) is 0 Å². The Morgan fingerprint density at radius 3 is 2.80 bits per heavy atom. The predicted octanol–water partition coefficient (Wildman–Crippen LogP) is 0.971. The zero-order chi connectivity index (χ0) is 14.8. The minimum Gasteiger partial charge on any atom is -0.453 e. The molecule has 1 heterocycles. The highest BCUT2D eigenvalue weighted by atomic mass is 16.5. The van der Waals surface area contributed by atoms with Crippen LogP contribution in [0.2, 0.25) is 0 Å². The molecule has 1 aliphatic rings. The number of hydrogen-bond donors (Lipinski definition) is 2. The summed E-state index contributed by atoms with van der Waals surface area (Å²) in [6.07, 6.45) is 3.18. The van der Waals surface area contributed by atoms with E-state index in [0.29, 0.717) is 25.9 Å². The number of likely N-dealkylation sites (tertiary alicyclic amines) is 1. The lowest BCUT2D eigenvalue weighted by Gasteiger charge is -2.30. The number of alkyl carbamates (subject to hydrolysis) is 1. The summed E-state index contributed by atoms with van der Waals surface area (Å²) in [6, 6.07) is 0. The quantitative estimate of drug-likeness (QED) is 0.684. The highest BCUT2D eigenvalue weighted by molar-refractivity contribution is 5.75. The lowest BCUT2D eigenvalue weighted by atomic mass is 10.0. The Balaban J connectivity index is 1.98. The molecule has 1 fully saturated rings. The van der Waals surface area contributed by atoms with Crippen molar-refractivity contribution < 1.29 is 14.3 Å². The van der Waals surface area contributed by atoms with Crippen LogP contribution < -0.4 is 10.6 Å². The summed E-state index contributed by atoms with van der Waals surface area (Å²) in [5.41, 5.74) is 0. The van der Waals surface area contributed by atoms with E-state index in [9.17, 15) is 9.59 Å². The first-order valence-corrected chi connectivity index (χ1v) is 7.42. The van der Waals surface area contributed by atoms with Gasteiger partial charge in [-0.2, -0.15) is 0 Å². The van der Waals surface area contributed by atoms with Gasteiger partial charge in [-0.25, -0.2) is 4.79 Å². The fourth-order valence-electron chi connectivity index (χ4n) is 2.44. The summed E-state index contributed by atoms with van der Waals surface area (Å²) < 4.78 is 4.44. The third kappa shape index (κ3) is 7.33. The van der Waals surface area contributed by atoms with Gasteiger partial charge in [0.1, 0.15) is 0 Å². The van der Waals surface area contributed by atoms with Gasteiger partial charge in [0.15, 0.2) is 0 Å². The summed E-state index contributed by atoms with van der Waals surface area (Å²) in [5.74, 6) is 0.811. The SMILES string of the molecule is COC(=O)NCCCC(=O)NCCN1CCCC(C)C1. The lowest BCUT2D eigenvalue weighted by Crippen LogP contribution is -2.40. The molecular weight excluding hydrogens is 258 g/mol. The van der Waals surface area contributed by atoms with E-state index in [2.05, 4.69) is 27.2 Å². The van der Waals surface area contributed by atoms with Gasteiger partial charge in [0.25, 0.3) is 0 Å². The van der Waals surface area contributed by atoms with Crippen LogP contribution in [0.15, 0.2) is 0 Å². The first kappa shape index (κ1) is 16.8. The van der Waals surface area contributed by atoms with Crippen LogP contribution in [-0.4, -0.2) is 56.7 Å². The Bertz CT molecular complexity index is 310. The van der Waals surface area contributed by atoms with E-state index < -0.39 is 6.09 Å². The molecule has 0 spiro atoms. The second-order valence-electron chi connectivity index (χ2n) is 5.42. The average molecular weight is 285 g/mol. The van der Waals surface area contributed by atoms with Crippen LogP contribution in [0.4, 0.5) is 4.79 Å². The molecule has 6 heteroatoms. The van der Waals surface area contributed by atoms with E-state index in [4.69, 9.17) is 0 Å². The molecule has 1 rings (SSSR count). The zero-order valence-electron chi connectivity index (χ0n) is 12.6. The maximum absolute atomic E-state index is 11.6. The second-order valence-corrected chi connectivity index (χ2v) is 5.42. The van der Waals surface area contributed by atoms with Gasteiger partial charge in [0.05, 0.1) is 7.11 Å². The van der Waals surface area contributed by atoms with Crippen molar-refractivity contribution in [1.82, 2.24) is 15.5 Å². The van der Waals surface area contributed by atoms with E-state index in [1.807, 2.05) is 0 Å². The molecule has 0 bridgehead atoms. The Morgan fingerprint density at radius 1 is 1.30 bits per heavy atom. The highest BCUT2D eigenvalue weighted by Gasteiger charge is 2.15. The van der Waals surface area contributed by atoms with Crippen molar-refractivity contribution in [3.63, 3.8) is 0 Å². The number of piperidine rings is 1. The van der Waals surface area contributed by atoms with Crippen molar-refractivity contribution in [2.45, 2.75) is 32.6 Å².